The second-order valence-electron chi connectivity index (χ2n) is 4.19. The Bertz CT molecular complexity index is 727. The zero-order chi connectivity index (χ0) is 14.8. The van der Waals surface area contributed by atoms with E-state index in [-0.39, 0.29) is 10.6 Å². The molecule has 2 aromatic rings. The molecule has 6 heteroatoms. The number of hydrogen-bond donors (Lipinski definition) is 0. The van der Waals surface area contributed by atoms with Gasteiger partial charge in [0.1, 0.15) is 5.75 Å². The van der Waals surface area contributed by atoms with Crippen molar-refractivity contribution in [1.29, 1.82) is 0 Å². The largest absolute Gasteiger partial charge is 0.497 e. The Morgan fingerprint density at radius 1 is 1.05 bits per heavy atom. The second kappa shape index (κ2) is 5.58. The lowest BCUT2D eigenvalue weighted by molar-refractivity contribution is 0.414. The van der Waals surface area contributed by atoms with Gasteiger partial charge >= 0.3 is 0 Å². The number of ether oxygens (including phenoxy) is 1. The van der Waals surface area contributed by atoms with E-state index in [1.54, 1.807) is 24.3 Å². The Morgan fingerprint density at radius 2 is 1.80 bits per heavy atom. The smallest absolute Gasteiger partial charge is 0.182 e. The van der Waals surface area contributed by atoms with Gasteiger partial charge in [0, 0.05) is 0 Å². The Labute approximate surface area is 115 Å². The Kier molecular flexibility index (Phi) is 4.04. The van der Waals surface area contributed by atoms with E-state index >= 15 is 0 Å². The summed E-state index contributed by atoms with van der Waals surface area (Å²) in [6, 6.07) is 9.09. The summed E-state index contributed by atoms with van der Waals surface area (Å²) < 4.78 is 55.2. The normalized spacial score (nSPS) is 11.3. The number of hydrogen-bond acceptors (Lipinski definition) is 3. The summed E-state index contributed by atoms with van der Waals surface area (Å²) in [7, 11) is -2.26. The van der Waals surface area contributed by atoms with Crippen LogP contribution in [0.2, 0.25) is 0 Å². The fourth-order valence-corrected chi connectivity index (χ4v) is 3.08. The molecule has 0 aliphatic carbocycles. The van der Waals surface area contributed by atoms with Crippen molar-refractivity contribution < 1.29 is 21.9 Å². The molecule has 0 radical (unpaired) electrons. The molecular weight excluding hydrogens is 286 g/mol. The molecule has 20 heavy (non-hydrogen) atoms. The summed E-state index contributed by atoms with van der Waals surface area (Å²) >= 11 is 0. The van der Waals surface area contributed by atoms with Crippen molar-refractivity contribution in [3.05, 3.63) is 59.7 Å². The van der Waals surface area contributed by atoms with E-state index in [0.717, 1.165) is 12.1 Å². The number of benzene rings is 2. The molecular formula is C14H12F2O3S. The summed E-state index contributed by atoms with van der Waals surface area (Å²) in [5.74, 6) is -2.04. The van der Waals surface area contributed by atoms with E-state index in [4.69, 9.17) is 4.74 Å². The highest BCUT2D eigenvalue weighted by Gasteiger charge is 2.17. The van der Waals surface area contributed by atoms with Crippen molar-refractivity contribution in [1.82, 2.24) is 0 Å². The van der Waals surface area contributed by atoms with Crippen LogP contribution in [0, 0.1) is 11.6 Å². The average molecular weight is 298 g/mol. The third-order valence-electron chi connectivity index (χ3n) is 2.74. The molecule has 2 aromatic carbocycles. The van der Waals surface area contributed by atoms with Gasteiger partial charge < -0.3 is 4.74 Å². The van der Waals surface area contributed by atoms with Crippen LogP contribution in [0.1, 0.15) is 5.56 Å². The molecule has 0 unspecified atom stereocenters. The molecule has 3 nitrogen and oxygen atoms in total. The molecule has 0 bridgehead atoms. The van der Waals surface area contributed by atoms with Crippen LogP contribution in [-0.2, 0) is 15.6 Å². The molecule has 0 saturated heterocycles. The summed E-state index contributed by atoms with van der Waals surface area (Å²) in [5.41, 5.74) is 0.508. The molecule has 2 rings (SSSR count). The van der Waals surface area contributed by atoms with E-state index in [2.05, 4.69) is 0 Å². The summed E-state index contributed by atoms with van der Waals surface area (Å²) in [6.45, 7) is 0. The van der Waals surface area contributed by atoms with Gasteiger partial charge in [0.15, 0.2) is 21.5 Å². The predicted molar refractivity (Wildman–Crippen MR) is 70.2 cm³/mol. The van der Waals surface area contributed by atoms with E-state index in [1.165, 1.54) is 7.11 Å². The van der Waals surface area contributed by atoms with E-state index in [1.807, 2.05) is 0 Å². The molecule has 0 saturated carbocycles. The molecule has 0 spiro atoms. The highest BCUT2D eigenvalue weighted by atomic mass is 32.2. The van der Waals surface area contributed by atoms with Crippen LogP contribution < -0.4 is 4.74 Å². The summed E-state index contributed by atoms with van der Waals surface area (Å²) in [4.78, 5) is -0.251. The molecule has 0 aliphatic heterocycles. The monoisotopic (exact) mass is 298 g/mol. The van der Waals surface area contributed by atoms with Crippen LogP contribution in [0.3, 0.4) is 0 Å². The van der Waals surface area contributed by atoms with E-state index in [9.17, 15) is 17.2 Å². The van der Waals surface area contributed by atoms with Gasteiger partial charge in [-0.2, -0.15) is 0 Å². The fraction of sp³-hybridized carbons (Fsp3) is 0.143. The number of methoxy groups -OCH3 is 1. The molecule has 0 heterocycles. The van der Waals surface area contributed by atoms with Gasteiger partial charge in [-0.3, -0.25) is 0 Å². The lowest BCUT2D eigenvalue weighted by Crippen LogP contribution is -2.06. The Morgan fingerprint density at radius 3 is 2.45 bits per heavy atom. The number of sulfone groups is 1. The standard InChI is InChI=1S/C14H12F2O3S/c1-19-11-4-2-3-10(7-11)9-20(17,18)12-5-6-13(15)14(16)8-12/h2-8H,9H2,1H3. The van der Waals surface area contributed by atoms with Crippen LogP contribution in [-0.4, -0.2) is 15.5 Å². The zero-order valence-corrected chi connectivity index (χ0v) is 11.5. The highest BCUT2D eigenvalue weighted by Crippen LogP contribution is 2.21. The molecule has 0 N–H and O–H groups in total. The first-order valence-electron chi connectivity index (χ1n) is 5.73. The highest BCUT2D eigenvalue weighted by molar-refractivity contribution is 7.90. The Balaban J connectivity index is 2.32. The first-order chi connectivity index (χ1) is 9.42. The lowest BCUT2D eigenvalue weighted by Gasteiger charge is -2.07. The molecule has 0 aliphatic rings. The Hall–Kier alpha value is -1.95. The SMILES string of the molecule is COc1cccc(CS(=O)(=O)c2ccc(F)c(F)c2)c1. The molecule has 0 amide bonds. The zero-order valence-electron chi connectivity index (χ0n) is 10.6. The van der Waals surface area contributed by atoms with Crippen LogP contribution >= 0.6 is 0 Å². The van der Waals surface area contributed by atoms with Gasteiger partial charge in [-0.25, -0.2) is 17.2 Å². The summed E-state index contributed by atoms with van der Waals surface area (Å²) in [6.07, 6.45) is 0. The van der Waals surface area contributed by atoms with Crippen molar-refractivity contribution >= 4 is 9.84 Å². The molecule has 0 atom stereocenters. The average Bonchev–Trinajstić information content (AvgIpc) is 2.41. The van der Waals surface area contributed by atoms with Gasteiger partial charge in [-0.1, -0.05) is 12.1 Å². The van der Waals surface area contributed by atoms with E-state index < -0.39 is 21.5 Å². The molecule has 106 valence electrons. The van der Waals surface area contributed by atoms with Crippen LogP contribution in [0.4, 0.5) is 8.78 Å². The minimum absolute atomic E-state index is 0.251. The maximum atomic E-state index is 13.1. The van der Waals surface area contributed by atoms with Crippen molar-refractivity contribution in [2.75, 3.05) is 7.11 Å². The number of rotatable bonds is 4. The minimum Gasteiger partial charge on any atom is -0.497 e. The first-order valence-corrected chi connectivity index (χ1v) is 7.38. The minimum atomic E-state index is -3.74. The quantitative estimate of drug-likeness (QED) is 0.815. The predicted octanol–water partition coefficient (Wildman–Crippen LogP) is 2.95. The van der Waals surface area contributed by atoms with Gasteiger partial charge in [-0.05, 0) is 35.9 Å². The van der Waals surface area contributed by atoms with Crippen molar-refractivity contribution in [2.24, 2.45) is 0 Å². The van der Waals surface area contributed by atoms with Gasteiger partial charge in [0.25, 0.3) is 0 Å². The van der Waals surface area contributed by atoms with Crippen LogP contribution in [0.15, 0.2) is 47.4 Å². The summed E-state index contributed by atoms with van der Waals surface area (Å²) in [5, 5.41) is 0. The number of halogens is 2. The maximum absolute atomic E-state index is 13.1. The first kappa shape index (κ1) is 14.5. The second-order valence-corrected chi connectivity index (χ2v) is 6.18. The van der Waals surface area contributed by atoms with Crippen molar-refractivity contribution in [3.8, 4) is 5.75 Å². The lowest BCUT2D eigenvalue weighted by atomic mass is 10.2. The van der Waals surface area contributed by atoms with Crippen LogP contribution in [0.5, 0.6) is 5.75 Å². The van der Waals surface area contributed by atoms with Gasteiger partial charge in [0.05, 0.1) is 17.8 Å². The van der Waals surface area contributed by atoms with Crippen LogP contribution in [0.25, 0.3) is 0 Å². The maximum Gasteiger partial charge on any atom is 0.182 e. The molecule has 0 fully saturated rings. The van der Waals surface area contributed by atoms with Gasteiger partial charge in [-0.15, -0.1) is 0 Å². The van der Waals surface area contributed by atoms with Crippen molar-refractivity contribution in [3.63, 3.8) is 0 Å². The third-order valence-corrected chi connectivity index (χ3v) is 4.43. The third kappa shape index (κ3) is 3.14. The van der Waals surface area contributed by atoms with Gasteiger partial charge in [0.2, 0.25) is 0 Å². The fourth-order valence-electron chi connectivity index (χ4n) is 1.74. The van der Waals surface area contributed by atoms with E-state index in [0.29, 0.717) is 17.4 Å². The topological polar surface area (TPSA) is 43.4 Å². The van der Waals surface area contributed by atoms with Crippen molar-refractivity contribution in [2.45, 2.75) is 10.6 Å². The molecule has 0 aromatic heterocycles.